The van der Waals surface area contributed by atoms with E-state index in [2.05, 4.69) is 10.1 Å². The lowest BCUT2D eigenvalue weighted by molar-refractivity contribution is 0.828. The SMILES string of the molecule is C/C(=N/n1cc(-c2ccccc2)[nH]c1=O)c1ccccc1. The van der Waals surface area contributed by atoms with Crippen LogP contribution in [-0.4, -0.2) is 15.4 Å². The first kappa shape index (κ1) is 13.1. The summed E-state index contributed by atoms with van der Waals surface area (Å²) in [5, 5.41) is 4.36. The quantitative estimate of drug-likeness (QED) is 0.735. The van der Waals surface area contributed by atoms with Gasteiger partial charge in [-0.3, -0.25) is 0 Å². The zero-order valence-electron chi connectivity index (χ0n) is 11.7. The monoisotopic (exact) mass is 277 g/mol. The lowest BCUT2D eigenvalue weighted by atomic mass is 10.1. The average molecular weight is 277 g/mol. The molecule has 0 saturated carbocycles. The number of hydrogen-bond donors (Lipinski definition) is 1. The van der Waals surface area contributed by atoms with Gasteiger partial charge in [-0.1, -0.05) is 60.7 Å². The number of aromatic nitrogens is 2. The van der Waals surface area contributed by atoms with Crippen LogP contribution in [0.1, 0.15) is 12.5 Å². The smallest absolute Gasteiger partial charge is 0.304 e. The van der Waals surface area contributed by atoms with E-state index >= 15 is 0 Å². The summed E-state index contributed by atoms with van der Waals surface area (Å²) in [7, 11) is 0. The number of imidazole rings is 1. The van der Waals surface area contributed by atoms with Gasteiger partial charge in [0.15, 0.2) is 0 Å². The highest BCUT2D eigenvalue weighted by atomic mass is 16.1. The normalized spacial score (nSPS) is 11.6. The maximum atomic E-state index is 12.0. The zero-order chi connectivity index (χ0) is 14.7. The van der Waals surface area contributed by atoms with Crippen molar-refractivity contribution in [1.29, 1.82) is 0 Å². The van der Waals surface area contributed by atoms with Crippen molar-refractivity contribution in [2.45, 2.75) is 6.92 Å². The molecule has 0 aliphatic carbocycles. The molecule has 2 aromatic carbocycles. The highest BCUT2D eigenvalue weighted by molar-refractivity contribution is 5.98. The third-order valence-electron chi connectivity index (χ3n) is 3.24. The van der Waals surface area contributed by atoms with Crippen molar-refractivity contribution in [2.75, 3.05) is 0 Å². The molecule has 0 aliphatic rings. The van der Waals surface area contributed by atoms with Crippen molar-refractivity contribution >= 4 is 5.71 Å². The molecule has 4 heteroatoms. The van der Waals surface area contributed by atoms with Crippen molar-refractivity contribution in [3.8, 4) is 11.3 Å². The third-order valence-corrected chi connectivity index (χ3v) is 3.24. The predicted octanol–water partition coefficient (Wildman–Crippen LogP) is 3.12. The summed E-state index contributed by atoms with van der Waals surface area (Å²) >= 11 is 0. The van der Waals surface area contributed by atoms with Crippen LogP contribution < -0.4 is 5.69 Å². The van der Waals surface area contributed by atoms with Crippen LogP contribution in [0.25, 0.3) is 11.3 Å². The Labute approximate surface area is 122 Å². The Kier molecular flexibility index (Phi) is 3.51. The van der Waals surface area contributed by atoms with Crippen LogP contribution in [-0.2, 0) is 0 Å². The largest absolute Gasteiger partial charge is 0.346 e. The molecule has 0 spiro atoms. The molecule has 1 aromatic heterocycles. The second-order valence-corrected chi connectivity index (χ2v) is 4.73. The first-order valence-corrected chi connectivity index (χ1v) is 6.72. The van der Waals surface area contributed by atoms with Gasteiger partial charge >= 0.3 is 5.69 Å². The van der Waals surface area contributed by atoms with E-state index in [0.29, 0.717) is 0 Å². The highest BCUT2D eigenvalue weighted by Crippen LogP contribution is 2.14. The van der Waals surface area contributed by atoms with Gasteiger partial charge < -0.3 is 4.98 Å². The molecule has 0 radical (unpaired) electrons. The van der Waals surface area contributed by atoms with E-state index in [-0.39, 0.29) is 5.69 Å². The van der Waals surface area contributed by atoms with Crippen LogP contribution in [0.3, 0.4) is 0 Å². The molecule has 0 unspecified atom stereocenters. The van der Waals surface area contributed by atoms with Crippen LogP contribution >= 0.6 is 0 Å². The van der Waals surface area contributed by atoms with Crippen LogP contribution in [0.5, 0.6) is 0 Å². The standard InChI is InChI=1S/C17H15N3O/c1-13(14-8-4-2-5-9-14)19-20-12-16(18-17(20)21)15-10-6-3-7-11-15/h2-12H,1H3,(H,18,21)/b19-13-. The molecule has 1 heterocycles. The van der Waals surface area contributed by atoms with Gasteiger partial charge in [-0.2, -0.15) is 9.78 Å². The Morgan fingerprint density at radius 3 is 2.29 bits per heavy atom. The van der Waals surface area contributed by atoms with Crippen molar-refractivity contribution in [3.63, 3.8) is 0 Å². The average Bonchev–Trinajstić information content (AvgIpc) is 2.90. The van der Waals surface area contributed by atoms with Gasteiger partial charge in [0.1, 0.15) is 0 Å². The summed E-state index contributed by atoms with van der Waals surface area (Å²) in [5.41, 5.74) is 3.25. The number of H-pyrrole nitrogens is 1. The Balaban J connectivity index is 1.98. The minimum absolute atomic E-state index is 0.246. The van der Waals surface area contributed by atoms with E-state index in [0.717, 1.165) is 22.5 Å². The molecule has 104 valence electrons. The number of nitrogens with zero attached hydrogens (tertiary/aromatic N) is 2. The maximum absolute atomic E-state index is 12.0. The summed E-state index contributed by atoms with van der Waals surface area (Å²) in [5.74, 6) is 0. The molecule has 3 rings (SSSR count). The van der Waals surface area contributed by atoms with E-state index < -0.39 is 0 Å². The Hall–Kier alpha value is -2.88. The molecule has 0 saturated heterocycles. The van der Waals surface area contributed by atoms with Gasteiger partial charge in [-0.05, 0) is 18.1 Å². The molecule has 0 atom stereocenters. The van der Waals surface area contributed by atoms with E-state index in [9.17, 15) is 4.79 Å². The summed E-state index contributed by atoms with van der Waals surface area (Å²) in [6, 6.07) is 19.5. The molecule has 0 bridgehead atoms. The van der Waals surface area contributed by atoms with Crippen LogP contribution in [0.2, 0.25) is 0 Å². The number of aromatic amines is 1. The Morgan fingerprint density at radius 2 is 1.62 bits per heavy atom. The van der Waals surface area contributed by atoms with Gasteiger partial charge in [-0.25, -0.2) is 4.79 Å². The number of rotatable bonds is 3. The summed E-state index contributed by atoms with van der Waals surface area (Å²) < 4.78 is 1.34. The Bertz CT molecular complexity index is 814. The predicted molar refractivity (Wildman–Crippen MR) is 84.5 cm³/mol. The fourth-order valence-corrected chi connectivity index (χ4v) is 2.12. The summed E-state index contributed by atoms with van der Waals surface area (Å²) in [4.78, 5) is 14.8. The molecular formula is C17H15N3O. The zero-order valence-corrected chi connectivity index (χ0v) is 11.7. The summed E-state index contributed by atoms with van der Waals surface area (Å²) in [6.07, 6.45) is 1.71. The Morgan fingerprint density at radius 1 is 1.00 bits per heavy atom. The first-order chi connectivity index (χ1) is 10.2. The van der Waals surface area contributed by atoms with Crippen molar-refractivity contribution < 1.29 is 0 Å². The topological polar surface area (TPSA) is 50.1 Å². The molecule has 0 fully saturated rings. The number of hydrogen-bond acceptors (Lipinski definition) is 2. The first-order valence-electron chi connectivity index (χ1n) is 6.72. The van der Waals surface area contributed by atoms with Crippen LogP contribution in [0.4, 0.5) is 0 Å². The highest BCUT2D eigenvalue weighted by Gasteiger charge is 2.05. The lowest BCUT2D eigenvalue weighted by Gasteiger charge is -1.99. The van der Waals surface area contributed by atoms with E-state index in [1.54, 1.807) is 6.20 Å². The van der Waals surface area contributed by atoms with E-state index in [1.807, 2.05) is 67.6 Å². The second-order valence-electron chi connectivity index (χ2n) is 4.73. The minimum atomic E-state index is -0.246. The van der Waals surface area contributed by atoms with Gasteiger partial charge in [0.05, 0.1) is 17.6 Å². The molecule has 21 heavy (non-hydrogen) atoms. The fourth-order valence-electron chi connectivity index (χ4n) is 2.12. The number of nitrogens with one attached hydrogen (secondary N) is 1. The van der Waals surface area contributed by atoms with Crippen LogP contribution in [0.15, 0.2) is 76.8 Å². The van der Waals surface area contributed by atoms with Gasteiger partial charge in [-0.15, -0.1) is 0 Å². The second kappa shape index (κ2) is 5.63. The number of benzene rings is 2. The third kappa shape index (κ3) is 2.84. The van der Waals surface area contributed by atoms with Crippen molar-refractivity contribution in [3.05, 3.63) is 82.9 Å². The van der Waals surface area contributed by atoms with E-state index in [4.69, 9.17) is 0 Å². The maximum Gasteiger partial charge on any atom is 0.346 e. The van der Waals surface area contributed by atoms with Gasteiger partial charge in [0, 0.05) is 0 Å². The van der Waals surface area contributed by atoms with Gasteiger partial charge in [0.25, 0.3) is 0 Å². The molecule has 3 aromatic rings. The van der Waals surface area contributed by atoms with E-state index in [1.165, 1.54) is 4.68 Å². The minimum Gasteiger partial charge on any atom is -0.304 e. The molecule has 1 N–H and O–H groups in total. The van der Waals surface area contributed by atoms with Crippen molar-refractivity contribution in [1.82, 2.24) is 9.66 Å². The van der Waals surface area contributed by atoms with Gasteiger partial charge in [0.2, 0.25) is 0 Å². The summed E-state index contributed by atoms with van der Waals surface area (Å²) in [6.45, 7) is 1.89. The lowest BCUT2D eigenvalue weighted by Crippen LogP contribution is -2.13. The molecule has 0 amide bonds. The molecular weight excluding hydrogens is 262 g/mol. The fraction of sp³-hybridized carbons (Fsp3) is 0.0588. The van der Waals surface area contributed by atoms with Crippen LogP contribution in [0, 0.1) is 0 Å². The molecule has 0 aliphatic heterocycles. The van der Waals surface area contributed by atoms with Crippen molar-refractivity contribution in [2.24, 2.45) is 5.10 Å². The molecule has 4 nitrogen and oxygen atoms in total.